The number of benzene rings is 1. The molecule has 2 rings (SSSR count). The number of carboxylic acids is 1. The van der Waals surface area contributed by atoms with Crippen molar-refractivity contribution in [1.82, 2.24) is 20.2 Å². The fraction of sp³-hybridized carbons (Fsp3) is 0.182. The molecule has 2 aromatic rings. The van der Waals surface area contributed by atoms with Crippen molar-refractivity contribution in [3.8, 4) is 5.69 Å². The first kappa shape index (κ1) is 12.7. The van der Waals surface area contributed by atoms with Crippen molar-refractivity contribution < 1.29 is 14.7 Å². The molecular weight excluding hydrogens is 250 g/mol. The van der Waals surface area contributed by atoms with Crippen molar-refractivity contribution in [3.63, 3.8) is 0 Å². The van der Waals surface area contributed by atoms with Crippen LogP contribution in [0.5, 0.6) is 0 Å². The number of aromatic nitrogens is 4. The first-order valence-corrected chi connectivity index (χ1v) is 5.50. The number of rotatable bonds is 5. The average Bonchev–Trinajstić information content (AvgIpc) is 2.90. The summed E-state index contributed by atoms with van der Waals surface area (Å²) in [5.41, 5.74) is 1.25. The molecular formula is C11H11N5O3. The fourth-order valence-corrected chi connectivity index (χ4v) is 1.45. The Kier molecular flexibility index (Phi) is 3.81. The van der Waals surface area contributed by atoms with E-state index in [2.05, 4.69) is 20.8 Å². The molecule has 2 N–H and O–H groups in total. The van der Waals surface area contributed by atoms with Crippen LogP contribution in [0.3, 0.4) is 0 Å². The predicted molar refractivity (Wildman–Crippen MR) is 64.7 cm³/mol. The largest absolute Gasteiger partial charge is 0.481 e. The lowest BCUT2D eigenvalue weighted by Crippen LogP contribution is -2.13. The second-order valence-electron chi connectivity index (χ2n) is 3.75. The Labute approximate surface area is 108 Å². The molecule has 8 heteroatoms. The molecule has 0 atom stereocenters. The summed E-state index contributed by atoms with van der Waals surface area (Å²) in [7, 11) is 0. The van der Waals surface area contributed by atoms with Crippen molar-refractivity contribution in [3.05, 3.63) is 30.6 Å². The second kappa shape index (κ2) is 5.71. The maximum absolute atomic E-state index is 11.5. The monoisotopic (exact) mass is 261 g/mol. The minimum Gasteiger partial charge on any atom is -0.481 e. The normalized spacial score (nSPS) is 10.1. The zero-order valence-electron chi connectivity index (χ0n) is 9.85. The number of tetrazole rings is 1. The van der Waals surface area contributed by atoms with Gasteiger partial charge in [-0.15, -0.1) is 5.10 Å². The van der Waals surface area contributed by atoms with Crippen LogP contribution in [0.2, 0.25) is 0 Å². The quantitative estimate of drug-likeness (QED) is 0.809. The molecule has 0 saturated carbocycles. The van der Waals surface area contributed by atoms with Gasteiger partial charge in [-0.05, 0) is 28.6 Å². The predicted octanol–water partition coefficient (Wildman–Crippen LogP) is 0.466. The highest BCUT2D eigenvalue weighted by Gasteiger charge is 2.06. The highest BCUT2D eigenvalue weighted by molar-refractivity contribution is 5.92. The van der Waals surface area contributed by atoms with Crippen LogP contribution in [-0.4, -0.2) is 37.2 Å². The molecule has 0 aliphatic rings. The van der Waals surface area contributed by atoms with Gasteiger partial charge in [-0.3, -0.25) is 9.59 Å². The van der Waals surface area contributed by atoms with Crippen LogP contribution >= 0.6 is 0 Å². The molecule has 0 radical (unpaired) electrons. The van der Waals surface area contributed by atoms with E-state index in [0.717, 1.165) is 0 Å². The number of nitrogens with zero attached hydrogens (tertiary/aromatic N) is 4. The SMILES string of the molecule is O=C(O)CCC(=O)Nc1cccc(-n2cnnn2)c1. The van der Waals surface area contributed by atoms with Crippen LogP contribution in [0.25, 0.3) is 5.69 Å². The number of hydrogen-bond acceptors (Lipinski definition) is 5. The van der Waals surface area contributed by atoms with E-state index in [4.69, 9.17) is 5.11 Å². The highest BCUT2D eigenvalue weighted by atomic mass is 16.4. The number of carbonyl (C=O) groups excluding carboxylic acids is 1. The fourth-order valence-electron chi connectivity index (χ4n) is 1.45. The molecule has 0 saturated heterocycles. The molecule has 0 fully saturated rings. The van der Waals surface area contributed by atoms with Gasteiger partial charge in [0.05, 0.1) is 12.1 Å². The maximum Gasteiger partial charge on any atom is 0.303 e. The van der Waals surface area contributed by atoms with E-state index < -0.39 is 5.97 Å². The molecule has 98 valence electrons. The Morgan fingerprint density at radius 2 is 2.16 bits per heavy atom. The number of carboxylic acid groups (broad SMARTS) is 1. The van der Waals surface area contributed by atoms with Crippen LogP contribution in [0.1, 0.15) is 12.8 Å². The molecule has 0 unspecified atom stereocenters. The summed E-state index contributed by atoms with van der Waals surface area (Å²) < 4.78 is 1.45. The Bertz CT molecular complexity index is 582. The van der Waals surface area contributed by atoms with Crippen LogP contribution in [0, 0.1) is 0 Å². The van der Waals surface area contributed by atoms with Crippen molar-refractivity contribution >= 4 is 17.6 Å². The molecule has 8 nitrogen and oxygen atoms in total. The van der Waals surface area contributed by atoms with Gasteiger partial charge >= 0.3 is 5.97 Å². The summed E-state index contributed by atoms with van der Waals surface area (Å²) in [5.74, 6) is -1.35. The summed E-state index contributed by atoms with van der Waals surface area (Å²) in [6.07, 6.45) is 1.17. The minimum atomic E-state index is -1.00. The van der Waals surface area contributed by atoms with E-state index in [0.29, 0.717) is 11.4 Å². The lowest BCUT2D eigenvalue weighted by atomic mass is 10.2. The van der Waals surface area contributed by atoms with E-state index in [1.54, 1.807) is 24.3 Å². The van der Waals surface area contributed by atoms with E-state index in [-0.39, 0.29) is 18.7 Å². The van der Waals surface area contributed by atoms with Crippen LogP contribution < -0.4 is 5.32 Å². The highest BCUT2D eigenvalue weighted by Crippen LogP contribution is 2.13. The molecule has 1 aromatic carbocycles. The topological polar surface area (TPSA) is 110 Å². The third kappa shape index (κ3) is 3.60. The smallest absolute Gasteiger partial charge is 0.303 e. The van der Waals surface area contributed by atoms with Gasteiger partial charge in [-0.2, -0.15) is 0 Å². The zero-order valence-corrected chi connectivity index (χ0v) is 9.85. The molecule has 1 amide bonds. The number of anilines is 1. The minimum absolute atomic E-state index is 0.0650. The maximum atomic E-state index is 11.5. The van der Waals surface area contributed by atoms with Crippen molar-refractivity contribution in [2.75, 3.05) is 5.32 Å². The lowest BCUT2D eigenvalue weighted by Gasteiger charge is -2.06. The van der Waals surface area contributed by atoms with E-state index in [9.17, 15) is 9.59 Å². The van der Waals surface area contributed by atoms with Crippen LogP contribution in [0.15, 0.2) is 30.6 Å². The van der Waals surface area contributed by atoms with Gasteiger partial charge in [-0.25, -0.2) is 4.68 Å². The molecule has 1 aromatic heterocycles. The van der Waals surface area contributed by atoms with Gasteiger partial charge in [0.25, 0.3) is 0 Å². The Hall–Kier alpha value is -2.77. The number of amides is 1. The van der Waals surface area contributed by atoms with Gasteiger partial charge in [-0.1, -0.05) is 6.07 Å². The van der Waals surface area contributed by atoms with Crippen LogP contribution in [-0.2, 0) is 9.59 Å². The Morgan fingerprint density at radius 1 is 1.32 bits per heavy atom. The lowest BCUT2D eigenvalue weighted by molar-refractivity contribution is -0.138. The summed E-state index contributed by atoms with van der Waals surface area (Å²) >= 11 is 0. The zero-order chi connectivity index (χ0) is 13.7. The molecule has 0 spiro atoms. The first-order chi connectivity index (χ1) is 9.15. The average molecular weight is 261 g/mol. The number of nitrogens with one attached hydrogen (secondary N) is 1. The molecule has 19 heavy (non-hydrogen) atoms. The van der Waals surface area contributed by atoms with E-state index in [1.807, 2.05) is 0 Å². The summed E-state index contributed by atoms with van der Waals surface area (Å²) in [6, 6.07) is 6.91. The van der Waals surface area contributed by atoms with Gasteiger partial charge in [0.15, 0.2) is 0 Å². The van der Waals surface area contributed by atoms with Crippen molar-refractivity contribution in [2.24, 2.45) is 0 Å². The first-order valence-electron chi connectivity index (χ1n) is 5.50. The molecule has 1 heterocycles. The molecule has 0 bridgehead atoms. The summed E-state index contributed by atoms with van der Waals surface area (Å²) in [6.45, 7) is 0. The molecule has 0 aliphatic carbocycles. The second-order valence-corrected chi connectivity index (χ2v) is 3.75. The van der Waals surface area contributed by atoms with Crippen LogP contribution in [0.4, 0.5) is 5.69 Å². The van der Waals surface area contributed by atoms with Gasteiger partial charge < -0.3 is 10.4 Å². The standard InChI is InChI=1S/C11H11N5O3/c17-10(4-5-11(18)19)13-8-2-1-3-9(6-8)16-7-12-14-15-16/h1-3,6-7H,4-5H2,(H,13,17)(H,18,19). The summed E-state index contributed by atoms with van der Waals surface area (Å²) in [4.78, 5) is 21.9. The van der Waals surface area contributed by atoms with Gasteiger partial charge in [0.2, 0.25) is 5.91 Å². The van der Waals surface area contributed by atoms with E-state index >= 15 is 0 Å². The number of carbonyl (C=O) groups is 2. The third-order valence-electron chi connectivity index (χ3n) is 2.31. The number of aliphatic carboxylic acids is 1. The van der Waals surface area contributed by atoms with Crippen molar-refractivity contribution in [1.29, 1.82) is 0 Å². The third-order valence-corrected chi connectivity index (χ3v) is 2.31. The summed E-state index contributed by atoms with van der Waals surface area (Å²) in [5, 5.41) is 21.9. The Balaban J connectivity index is 2.03. The molecule has 0 aliphatic heterocycles. The Morgan fingerprint density at radius 3 is 2.84 bits per heavy atom. The van der Waals surface area contributed by atoms with Gasteiger partial charge in [0, 0.05) is 12.1 Å². The van der Waals surface area contributed by atoms with E-state index in [1.165, 1.54) is 11.0 Å². The number of hydrogen-bond donors (Lipinski definition) is 2. The van der Waals surface area contributed by atoms with Crippen molar-refractivity contribution in [2.45, 2.75) is 12.8 Å². The van der Waals surface area contributed by atoms with Gasteiger partial charge in [0.1, 0.15) is 6.33 Å².